The van der Waals surface area contributed by atoms with Crippen molar-refractivity contribution in [1.82, 2.24) is 4.90 Å². The number of carbonyl (C=O) groups is 1. The van der Waals surface area contributed by atoms with E-state index in [9.17, 15) is 13.2 Å². The van der Waals surface area contributed by atoms with Gasteiger partial charge in [-0.1, -0.05) is 6.07 Å². The zero-order valence-corrected chi connectivity index (χ0v) is 19.2. The second-order valence-electron chi connectivity index (χ2n) is 7.44. The van der Waals surface area contributed by atoms with E-state index in [0.717, 1.165) is 24.1 Å². The van der Waals surface area contributed by atoms with Crippen LogP contribution in [0.1, 0.15) is 32.5 Å². The number of nitrogens with zero attached hydrogens (tertiary/aromatic N) is 1. The number of hydrogen-bond acceptors (Lipinski definition) is 6. The van der Waals surface area contributed by atoms with Crippen LogP contribution in [0.4, 0.5) is 5.69 Å². The largest absolute Gasteiger partial charge is 0.325 e. The summed E-state index contributed by atoms with van der Waals surface area (Å²) in [6.45, 7) is 4.66. The number of benzene rings is 1. The van der Waals surface area contributed by atoms with E-state index >= 15 is 0 Å². The van der Waals surface area contributed by atoms with Gasteiger partial charge in [0.2, 0.25) is 15.9 Å². The number of thiophene rings is 2. The Morgan fingerprint density at radius 2 is 2.03 bits per heavy atom. The average molecular weight is 462 g/mol. The summed E-state index contributed by atoms with van der Waals surface area (Å²) >= 11 is 3.46. The number of carbonyl (C=O) groups excluding carboxylic acids is 1. The summed E-state index contributed by atoms with van der Waals surface area (Å²) in [5.74, 6) is -0.177. The highest BCUT2D eigenvalue weighted by molar-refractivity contribution is 7.89. The Morgan fingerprint density at radius 3 is 2.73 bits per heavy atom. The quantitative estimate of drug-likeness (QED) is 0.606. The fraction of sp³-hybridized carbons (Fsp3) is 0.286. The van der Waals surface area contributed by atoms with Gasteiger partial charge in [-0.2, -0.15) is 0 Å². The Morgan fingerprint density at radius 1 is 1.23 bits per heavy atom. The van der Waals surface area contributed by atoms with Crippen molar-refractivity contribution in [2.75, 3.05) is 18.4 Å². The maximum absolute atomic E-state index is 12.9. The molecule has 3 N–H and O–H groups in total. The summed E-state index contributed by atoms with van der Waals surface area (Å²) in [4.78, 5) is 17.7. The zero-order chi connectivity index (χ0) is 21.5. The van der Waals surface area contributed by atoms with Gasteiger partial charge in [-0.25, -0.2) is 13.6 Å². The van der Waals surface area contributed by atoms with Crippen molar-refractivity contribution in [2.24, 2.45) is 5.14 Å². The molecule has 1 aliphatic rings. The van der Waals surface area contributed by atoms with Gasteiger partial charge in [0.15, 0.2) is 0 Å². The molecule has 0 aliphatic carbocycles. The van der Waals surface area contributed by atoms with Crippen LogP contribution in [0.5, 0.6) is 0 Å². The van der Waals surface area contributed by atoms with Crippen molar-refractivity contribution in [3.8, 4) is 0 Å². The van der Waals surface area contributed by atoms with E-state index in [1.165, 1.54) is 27.5 Å². The van der Waals surface area contributed by atoms with Crippen LogP contribution < -0.4 is 10.5 Å². The summed E-state index contributed by atoms with van der Waals surface area (Å²) < 4.78 is 23.6. The Labute approximate surface area is 184 Å². The zero-order valence-electron chi connectivity index (χ0n) is 16.7. The minimum absolute atomic E-state index is 0.00162. The molecule has 0 bridgehead atoms. The molecule has 0 spiro atoms. The summed E-state index contributed by atoms with van der Waals surface area (Å²) in [7, 11) is -3.85. The number of sulfonamides is 1. The maximum Gasteiger partial charge on any atom is 0.238 e. The molecule has 3 aromatic rings. The molecular weight excluding hydrogens is 438 g/mol. The molecule has 6 nitrogen and oxygen atoms in total. The Hall–Kier alpha value is -2.04. The van der Waals surface area contributed by atoms with E-state index in [0.29, 0.717) is 5.69 Å². The standard InChI is InChI=1S/C21H23N3O3S3/c1-13-10-15(30(22,26)27)11-17(14(13)2)23-20(25)12-24-7-5-18-16(6-9-29-18)21(24)19-4-3-8-28-19/h3-4,6,8-11,21H,5,7,12H2,1-2H3,(H,23,25)(H2,22,26,27)/t21-/m1/s1. The van der Waals surface area contributed by atoms with Crippen molar-refractivity contribution in [2.45, 2.75) is 31.2 Å². The van der Waals surface area contributed by atoms with Gasteiger partial charge >= 0.3 is 0 Å². The van der Waals surface area contributed by atoms with Gasteiger partial charge in [-0.15, -0.1) is 22.7 Å². The first kappa shape index (κ1) is 21.2. The number of nitrogens with one attached hydrogen (secondary N) is 1. The van der Waals surface area contributed by atoms with Crippen molar-refractivity contribution >= 4 is 44.3 Å². The molecular formula is C21H23N3O3S3. The third-order valence-corrected chi connectivity index (χ3v) is 8.28. The second-order valence-corrected chi connectivity index (χ2v) is 11.0. The van der Waals surface area contributed by atoms with Gasteiger partial charge in [0.05, 0.1) is 17.5 Å². The van der Waals surface area contributed by atoms with Gasteiger partial charge in [-0.3, -0.25) is 9.69 Å². The molecule has 1 aromatic carbocycles. The number of hydrogen-bond donors (Lipinski definition) is 2. The van der Waals surface area contributed by atoms with Crippen molar-refractivity contribution in [1.29, 1.82) is 0 Å². The molecule has 0 radical (unpaired) electrons. The summed E-state index contributed by atoms with van der Waals surface area (Å²) in [6, 6.07) is 9.30. The lowest BCUT2D eigenvalue weighted by Gasteiger charge is -2.35. The molecule has 30 heavy (non-hydrogen) atoms. The molecule has 2 aromatic heterocycles. The molecule has 0 fully saturated rings. The number of rotatable bonds is 5. The number of amides is 1. The van der Waals surface area contributed by atoms with Crippen molar-refractivity contribution < 1.29 is 13.2 Å². The first-order valence-electron chi connectivity index (χ1n) is 9.51. The van der Waals surface area contributed by atoms with Gasteiger partial charge in [0.1, 0.15) is 0 Å². The van der Waals surface area contributed by atoms with Crippen LogP contribution in [0.25, 0.3) is 0 Å². The molecule has 1 amide bonds. The summed E-state index contributed by atoms with van der Waals surface area (Å²) in [5.41, 5.74) is 3.33. The predicted molar refractivity (Wildman–Crippen MR) is 122 cm³/mol. The number of nitrogens with two attached hydrogens (primary N) is 1. The molecule has 4 rings (SSSR count). The Bertz CT molecular complexity index is 1180. The van der Waals surface area contributed by atoms with Gasteiger partial charge in [0.25, 0.3) is 0 Å². The predicted octanol–water partition coefficient (Wildman–Crippen LogP) is 3.66. The maximum atomic E-state index is 12.9. The normalized spacial score (nSPS) is 17.0. The number of anilines is 1. The van der Waals surface area contributed by atoms with Crippen LogP contribution in [-0.2, 0) is 21.2 Å². The third kappa shape index (κ3) is 4.21. The van der Waals surface area contributed by atoms with E-state index in [4.69, 9.17) is 5.14 Å². The summed E-state index contributed by atoms with van der Waals surface area (Å²) in [5, 5.41) is 12.4. The Balaban J connectivity index is 1.58. The van der Waals surface area contributed by atoms with E-state index in [1.54, 1.807) is 29.6 Å². The molecule has 158 valence electrons. The van der Waals surface area contributed by atoms with Gasteiger partial charge in [-0.05, 0) is 72.0 Å². The highest BCUT2D eigenvalue weighted by Gasteiger charge is 2.31. The first-order chi connectivity index (χ1) is 14.2. The fourth-order valence-corrected chi connectivity index (χ4v) is 6.22. The minimum atomic E-state index is -3.85. The molecule has 9 heteroatoms. The van der Waals surface area contributed by atoms with Crippen molar-refractivity contribution in [3.63, 3.8) is 0 Å². The lowest BCUT2D eigenvalue weighted by molar-refractivity contribution is -0.117. The Kier molecular flexibility index (Phi) is 5.82. The van der Waals surface area contributed by atoms with E-state index in [2.05, 4.69) is 33.1 Å². The molecule has 0 saturated carbocycles. The highest BCUT2D eigenvalue weighted by atomic mass is 32.2. The number of aryl methyl sites for hydroxylation is 1. The van der Waals surface area contributed by atoms with E-state index in [-0.39, 0.29) is 23.4 Å². The number of primary sulfonamides is 1. The first-order valence-corrected chi connectivity index (χ1v) is 12.8. The molecule has 1 atom stereocenters. The average Bonchev–Trinajstić information content (AvgIpc) is 3.36. The van der Waals surface area contributed by atoms with Crippen molar-refractivity contribution in [3.05, 3.63) is 67.5 Å². The van der Waals surface area contributed by atoms with E-state index in [1.807, 2.05) is 13.0 Å². The van der Waals surface area contributed by atoms with Crippen LogP contribution in [0, 0.1) is 13.8 Å². The molecule has 0 unspecified atom stereocenters. The van der Waals surface area contributed by atoms with E-state index < -0.39 is 10.0 Å². The third-order valence-electron chi connectivity index (χ3n) is 5.47. The van der Waals surface area contributed by atoms with Gasteiger partial charge in [0, 0.05) is 22.0 Å². The number of fused-ring (bicyclic) bond motifs is 1. The summed E-state index contributed by atoms with van der Waals surface area (Å²) in [6.07, 6.45) is 0.918. The lowest BCUT2D eigenvalue weighted by Crippen LogP contribution is -2.40. The van der Waals surface area contributed by atoms with Crippen LogP contribution in [-0.4, -0.2) is 32.3 Å². The topological polar surface area (TPSA) is 92.5 Å². The highest BCUT2D eigenvalue weighted by Crippen LogP contribution is 2.39. The lowest BCUT2D eigenvalue weighted by atomic mass is 9.98. The van der Waals surface area contributed by atoms with Crippen LogP contribution in [0.15, 0.2) is 46.0 Å². The SMILES string of the molecule is Cc1cc(S(N)(=O)=O)cc(NC(=O)CN2CCc3sccc3[C@@H]2c2cccs2)c1C. The molecule has 0 saturated heterocycles. The monoisotopic (exact) mass is 461 g/mol. The van der Waals surface area contributed by atoms with Crippen LogP contribution in [0.3, 0.4) is 0 Å². The smallest absolute Gasteiger partial charge is 0.238 e. The second kappa shape index (κ2) is 8.24. The minimum Gasteiger partial charge on any atom is -0.325 e. The fourth-order valence-electron chi connectivity index (χ4n) is 3.81. The molecule has 1 aliphatic heterocycles. The van der Waals surface area contributed by atoms with Crippen LogP contribution in [0.2, 0.25) is 0 Å². The molecule has 3 heterocycles. The van der Waals surface area contributed by atoms with Crippen LogP contribution >= 0.6 is 22.7 Å². The van der Waals surface area contributed by atoms with Gasteiger partial charge < -0.3 is 5.32 Å².